The molecule has 0 unspecified atom stereocenters. The van der Waals surface area contributed by atoms with E-state index in [1.807, 2.05) is 0 Å². The fourth-order valence-corrected chi connectivity index (χ4v) is 3.21. The summed E-state index contributed by atoms with van der Waals surface area (Å²) in [5.74, 6) is 0.852. The molecule has 0 bridgehead atoms. The lowest BCUT2D eigenvalue weighted by atomic mass is 9.93. The lowest BCUT2D eigenvalue weighted by Gasteiger charge is -2.27. The molecule has 0 saturated heterocycles. The number of nitrogens with one attached hydrogen (secondary N) is 2. The SMILES string of the molecule is CCNC(=NCc1csc(CC)n1)NC1CCC(O)CC1.I. The summed E-state index contributed by atoms with van der Waals surface area (Å²) in [6.07, 6.45) is 4.62. The summed E-state index contributed by atoms with van der Waals surface area (Å²) >= 11 is 1.70. The molecule has 22 heavy (non-hydrogen) atoms. The molecule has 0 radical (unpaired) electrons. The largest absolute Gasteiger partial charge is 0.393 e. The van der Waals surface area contributed by atoms with Gasteiger partial charge in [-0.15, -0.1) is 35.3 Å². The molecule has 1 aliphatic rings. The minimum Gasteiger partial charge on any atom is -0.393 e. The van der Waals surface area contributed by atoms with Gasteiger partial charge in [0.25, 0.3) is 0 Å². The zero-order valence-corrected chi connectivity index (χ0v) is 16.5. The molecule has 0 spiro atoms. The first-order chi connectivity index (χ1) is 10.2. The van der Waals surface area contributed by atoms with Crippen molar-refractivity contribution in [3.63, 3.8) is 0 Å². The second-order valence-corrected chi connectivity index (χ2v) is 6.37. The topological polar surface area (TPSA) is 69.5 Å². The van der Waals surface area contributed by atoms with Crippen LogP contribution in [0.1, 0.15) is 50.2 Å². The summed E-state index contributed by atoms with van der Waals surface area (Å²) in [7, 11) is 0. The van der Waals surface area contributed by atoms with Gasteiger partial charge < -0.3 is 15.7 Å². The molecule has 1 fully saturated rings. The van der Waals surface area contributed by atoms with Crippen molar-refractivity contribution in [2.24, 2.45) is 4.99 Å². The van der Waals surface area contributed by atoms with Gasteiger partial charge in [-0.3, -0.25) is 0 Å². The normalized spacial score (nSPS) is 22.0. The molecule has 1 aromatic rings. The molecule has 7 heteroatoms. The first-order valence-corrected chi connectivity index (χ1v) is 8.75. The molecule has 0 aliphatic heterocycles. The third-order valence-electron chi connectivity index (χ3n) is 3.68. The summed E-state index contributed by atoms with van der Waals surface area (Å²) in [6.45, 7) is 5.65. The van der Waals surface area contributed by atoms with E-state index in [4.69, 9.17) is 0 Å². The predicted octanol–water partition coefficient (Wildman–Crippen LogP) is 2.68. The Labute approximate surface area is 154 Å². The zero-order valence-electron chi connectivity index (χ0n) is 13.3. The van der Waals surface area contributed by atoms with Crippen LogP contribution < -0.4 is 10.6 Å². The maximum Gasteiger partial charge on any atom is 0.191 e. The van der Waals surface area contributed by atoms with Crippen LogP contribution in [0.25, 0.3) is 0 Å². The average molecular weight is 438 g/mol. The van der Waals surface area contributed by atoms with E-state index >= 15 is 0 Å². The van der Waals surface area contributed by atoms with Crippen molar-refractivity contribution in [3.8, 4) is 0 Å². The average Bonchev–Trinajstić information content (AvgIpc) is 2.95. The number of rotatable bonds is 5. The van der Waals surface area contributed by atoms with Gasteiger partial charge in [-0.05, 0) is 39.0 Å². The second-order valence-electron chi connectivity index (χ2n) is 5.43. The Bertz CT molecular complexity index is 458. The Morgan fingerprint density at radius 3 is 2.68 bits per heavy atom. The van der Waals surface area contributed by atoms with Crippen LogP contribution >= 0.6 is 35.3 Å². The Morgan fingerprint density at radius 1 is 1.36 bits per heavy atom. The first-order valence-electron chi connectivity index (χ1n) is 7.87. The Morgan fingerprint density at radius 2 is 2.09 bits per heavy atom. The van der Waals surface area contributed by atoms with E-state index in [-0.39, 0.29) is 30.1 Å². The molecule has 0 atom stereocenters. The number of aliphatic hydroxyl groups excluding tert-OH is 1. The van der Waals surface area contributed by atoms with Gasteiger partial charge in [0, 0.05) is 18.0 Å². The Balaban J connectivity index is 0.00000242. The molecular weight excluding hydrogens is 411 g/mol. The van der Waals surface area contributed by atoms with Crippen molar-refractivity contribution >= 4 is 41.3 Å². The number of hydrogen-bond acceptors (Lipinski definition) is 4. The molecule has 1 aromatic heterocycles. The lowest BCUT2D eigenvalue weighted by molar-refractivity contribution is 0.120. The molecule has 0 amide bonds. The molecule has 0 aromatic carbocycles. The van der Waals surface area contributed by atoms with Crippen LogP contribution in [0.4, 0.5) is 0 Å². The van der Waals surface area contributed by atoms with Crippen LogP contribution in [-0.4, -0.2) is 34.7 Å². The first kappa shape index (κ1) is 19.6. The van der Waals surface area contributed by atoms with Crippen molar-refractivity contribution < 1.29 is 5.11 Å². The molecule has 3 N–H and O–H groups in total. The van der Waals surface area contributed by atoms with E-state index in [0.29, 0.717) is 12.6 Å². The third-order valence-corrected chi connectivity index (χ3v) is 4.72. The minimum absolute atomic E-state index is 0. The maximum atomic E-state index is 9.56. The van der Waals surface area contributed by atoms with E-state index in [0.717, 1.165) is 50.3 Å². The maximum absolute atomic E-state index is 9.56. The van der Waals surface area contributed by atoms with Crippen molar-refractivity contribution in [3.05, 3.63) is 16.1 Å². The van der Waals surface area contributed by atoms with E-state index < -0.39 is 0 Å². The van der Waals surface area contributed by atoms with Crippen molar-refractivity contribution in [2.45, 2.75) is 64.6 Å². The van der Waals surface area contributed by atoms with E-state index in [2.05, 4.69) is 39.8 Å². The van der Waals surface area contributed by atoms with Gasteiger partial charge in [-0.25, -0.2) is 9.98 Å². The Hall–Kier alpha value is -0.410. The molecule has 126 valence electrons. The standard InChI is InChI=1S/C15H26N4OS.HI/c1-3-14-18-12(10-21-14)9-17-15(16-4-2)19-11-5-7-13(20)8-6-11;/h10-11,13,20H,3-9H2,1-2H3,(H2,16,17,19);1H. The second kappa shape index (κ2) is 10.4. The van der Waals surface area contributed by atoms with E-state index in [1.54, 1.807) is 11.3 Å². The number of thiazole rings is 1. The highest BCUT2D eigenvalue weighted by molar-refractivity contribution is 14.0. The smallest absolute Gasteiger partial charge is 0.191 e. The van der Waals surface area contributed by atoms with Gasteiger partial charge in [0.15, 0.2) is 5.96 Å². The summed E-state index contributed by atoms with van der Waals surface area (Å²) < 4.78 is 0. The fraction of sp³-hybridized carbons (Fsp3) is 0.733. The fourth-order valence-electron chi connectivity index (χ4n) is 2.48. The minimum atomic E-state index is -0.120. The molecule has 1 aliphatic carbocycles. The quantitative estimate of drug-likeness (QED) is 0.376. The van der Waals surface area contributed by atoms with Crippen LogP contribution in [0.2, 0.25) is 0 Å². The van der Waals surface area contributed by atoms with Crippen LogP contribution in [0, 0.1) is 0 Å². The van der Waals surface area contributed by atoms with Crippen LogP contribution in [-0.2, 0) is 13.0 Å². The summed E-state index contributed by atoms with van der Waals surface area (Å²) in [6, 6.07) is 0.410. The number of aliphatic hydroxyl groups is 1. The van der Waals surface area contributed by atoms with Crippen molar-refractivity contribution in [1.82, 2.24) is 15.6 Å². The zero-order chi connectivity index (χ0) is 15.1. The number of aromatic nitrogens is 1. The summed E-state index contributed by atoms with van der Waals surface area (Å²) in [4.78, 5) is 9.16. The van der Waals surface area contributed by atoms with Crippen LogP contribution in [0.3, 0.4) is 0 Å². The predicted molar refractivity (Wildman–Crippen MR) is 103 cm³/mol. The molecule has 2 rings (SSSR count). The highest BCUT2D eigenvalue weighted by Crippen LogP contribution is 2.18. The summed E-state index contributed by atoms with van der Waals surface area (Å²) in [5, 5.41) is 19.6. The van der Waals surface area contributed by atoms with E-state index in [9.17, 15) is 5.11 Å². The highest BCUT2D eigenvalue weighted by atomic mass is 127. The van der Waals surface area contributed by atoms with Gasteiger partial charge in [-0.1, -0.05) is 6.92 Å². The van der Waals surface area contributed by atoms with Crippen LogP contribution in [0.5, 0.6) is 0 Å². The number of nitrogens with zero attached hydrogens (tertiary/aromatic N) is 2. The van der Waals surface area contributed by atoms with Gasteiger partial charge in [0.1, 0.15) is 0 Å². The molecule has 1 heterocycles. The highest BCUT2D eigenvalue weighted by Gasteiger charge is 2.19. The van der Waals surface area contributed by atoms with Gasteiger partial charge in [-0.2, -0.15) is 0 Å². The molecule has 5 nitrogen and oxygen atoms in total. The van der Waals surface area contributed by atoms with Crippen molar-refractivity contribution in [2.75, 3.05) is 6.54 Å². The third kappa shape index (κ3) is 6.37. The van der Waals surface area contributed by atoms with Gasteiger partial charge in [0.05, 0.1) is 23.4 Å². The van der Waals surface area contributed by atoms with Gasteiger partial charge >= 0.3 is 0 Å². The lowest BCUT2D eigenvalue weighted by Crippen LogP contribution is -2.45. The van der Waals surface area contributed by atoms with Gasteiger partial charge in [0.2, 0.25) is 0 Å². The summed E-state index contributed by atoms with van der Waals surface area (Å²) in [5.41, 5.74) is 1.04. The number of guanidine groups is 1. The number of hydrogen-bond donors (Lipinski definition) is 3. The van der Waals surface area contributed by atoms with Crippen LogP contribution in [0.15, 0.2) is 10.4 Å². The number of aliphatic imine (C=N–C) groups is 1. The monoisotopic (exact) mass is 438 g/mol. The molecule has 1 saturated carbocycles. The van der Waals surface area contributed by atoms with E-state index in [1.165, 1.54) is 5.01 Å². The van der Waals surface area contributed by atoms with Crippen molar-refractivity contribution in [1.29, 1.82) is 0 Å². The Kier molecular flexibility index (Phi) is 9.27. The number of halogens is 1. The molecular formula is C15H27IN4OS. The number of aryl methyl sites for hydroxylation is 1.